The Kier molecular flexibility index (Phi) is 1.88. The highest BCUT2D eigenvalue weighted by molar-refractivity contribution is 7.47. The number of hydrogen-bond acceptors (Lipinski definition) is 2. The highest BCUT2D eigenvalue weighted by Gasteiger charge is 2.13. The molecule has 0 amide bonds. The molecule has 0 bridgehead atoms. The monoisotopic (exact) mass is 142 g/mol. The molecule has 46 valence electrons. The number of hydrogen-bond donors (Lipinski definition) is 1. The van der Waals surface area contributed by atoms with Crippen LogP contribution in [0.5, 0.6) is 0 Å². The van der Waals surface area contributed by atoms with E-state index in [0.29, 0.717) is 5.30 Å². The zero-order chi connectivity index (χ0) is 6.69. The molecular weight excluding hydrogens is 137 g/mol. The van der Waals surface area contributed by atoms with Crippen molar-refractivity contribution >= 4 is 13.3 Å². The van der Waals surface area contributed by atoms with Gasteiger partial charge in [0.25, 0.3) is 0 Å². The van der Waals surface area contributed by atoms with Crippen molar-refractivity contribution in [2.75, 3.05) is 0 Å². The average molecular weight is 142 g/mol. The van der Waals surface area contributed by atoms with Crippen LogP contribution in [0.1, 0.15) is 0 Å². The normalized spacial score (nSPS) is 11.0. The fraction of sp³-hybridized carbons (Fsp3) is 0. The lowest BCUT2D eigenvalue weighted by atomic mass is 10.5. The molecule has 1 aromatic rings. The Morgan fingerprint density at radius 3 is 2.33 bits per heavy atom. The maximum atomic E-state index is 10.3. The summed E-state index contributed by atoms with van der Waals surface area (Å²) in [6.07, 6.45) is 2.97. The van der Waals surface area contributed by atoms with Crippen molar-refractivity contribution in [1.82, 2.24) is 4.98 Å². The molecule has 0 radical (unpaired) electrons. The lowest BCUT2D eigenvalue weighted by Gasteiger charge is -1.76. The van der Waals surface area contributed by atoms with Gasteiger partial charge in [0.1, 0.15) is 0 Å². The summed E-state index contributed by atoms with van der Waals surface area (Å²) in [7, 11) is -2.19. The van der Waals surface area contributed by atoms with Gasteiger partial charge in [0, 0.05) is 24.5 Å². The van der Waals surface area contributed by atoms with Crippen LogP contribution in [0.25, 0.3) is 0 Å². The second-order valence-corrected chi connectivity index (χ2v) is 2.54. The van der Waals surface area contributed by atoms with Crippen molar-refractivity contribution in [3.05, 3.63) is 24.5 Å². The van der Waals surface area contributed by atoms with Gasteiger partial charge in [-0.2, -0.15) is 4.89 Å². The summed E-state index contributed by atoms with van der Waals surface area (Å²) in [6, 6.07) is 3.03. The summed E-state index contributed by atoms with van der Waals surface area (Å²) in [5, 5.41) is 0.417. The Labute approximate surface area is 53.2 Å². The molecule has 1 N–H and O–H groups in total. The van der Waals surface area contributed by atoms with Gasteiger partial charge in [-0.3, -0.25) is 4.98 Å². The number of nitrogens with zero attached hydrogens (tertiary/aromatic N) is 1. The van der Waals surface area contributed by atoms with Crippen LogP contribution in [-0.4, -0.2) is 9.88 Å². The summed E-state index contributed by atoms with van der Waals surface area (Å²) < 4.78 is 10.3. The lowest BCUT2D eigenvalue weighted by Crippen LogP contribution is -1.93. The van der Waals surface area contributed by atoms with E-state index in [2.05, 4.69) is 4.98 Å². The number of rotatable bonds is 1. The highest BCUT2D eigenvalue weighted by Crippen LogP contribution is 2.09. The number of pyridine rings is 1. The van der Waals surface area contributed by atoms with Crippen LogP contribution in [0.2, 0.25) is 0 Å². The van der Waals surface area contributed by atoms with E-state index < -0.39 is 8.03 Å². The average Bonchev–Trinajstić information content (AvgIpc) is 1.90. The Balaban J connectivity index is 2.98. The SMILES string of the molecule is O=[P+](O)c1ccncc1. The van der Waals surface area contributed by atoms with Gasteiger partial charge in [-0.05, 0) is 4.57 Å². The molecule has 1 atom stereocenters. The second-order valence-electron chi connectivity index (χ2n) is 1.48. The molecule has 1 unspecified atom stereocenters. The van der Waals surface area contributed by atoms with Crippen molar-refractivity contribution in [2.24, 2.45) is 0 Å². The maximum absolute atomic E-state index is 10.3. The van der Waals surface area contributed by atoms with Crippen molar-refractivity contribution < 1.29 is 9.46 Å². The first-order valence-electron chi connectivity index (χ1n) is 2.37. The van der Waals surface area contributed by atoms with E-state index in [4.69, 9.17) is 4.89 Å². The molecule has 3 nitrogen and oxygen atoms in total. The first kappa shape index (κ1) is 6.33. The van der Waals surface area contributed by atoms with Crippen LogP contribution in [0.4, 0.5) is 0 Å². The van der Waals surface area contributed by atoms with Gasteiger partial charge in [0.15, 0.2) is 0 Å². The van der Waals surface area contributed by atoms with Gasteiger partial charge in [0.05, 0.1) is 0 Å². The van der Waals surface area contributed by atoms with Crippen molar-refractivity contribution in [3.63, 3.8) is 0 Å². The third-order valence-corrected chi connectivity index (χ3v) is 1.62. The molecule has 0 aliphatic heterocycles. The van der Waals surface area contributed by atoms with E-state index in [1.165, 1.54) is 24.5 Å². The first-order valence-corrected chi connectivity index (χ1v) is 3.58. The molecule has 0 saturated heterocycles. The molecule has 0 saturated carbocycles. The zero-order valence-electron chi connectivity index (χ0n) is 4.56. The summed E-state index contributed by atoms with van der Waals surface area (Å²) in [6.45, 7) is 0. The van der Waals surface area contributed by atoms with Crippen LogP contribution in [0.3, 0.4) is 0 Å². The molecule has 0 aromatic carbocycles. The van der Waals surface area contributed by atoms with Gasteiger partial charge < -0.3 is 0 Å². The molecule has 0 aliphatic carbocycles. The van der Waals surface area contributed by atoms with Crippen LogP contribution >= 0.6 is 8.03 Å². The fourth-order valence-corrected chi connectivity index (χ4v) is 0.860. The van der Waals surface area contributed by atoms with E-state index in [0.717, 1.165) is 0 Å². The molecule has 1 rings (SSSR count). The van der Waals surface area contributed by atoms with Crippen molar-refractivity contribution in [2.45, 2.75) is 0 Å². The Hall–Kier alpha value is -0.790. The molecule has 4 heteroatoms. The third-order valence-electron chi connectivity index (χ3n) is 0.884. The van der Waals surface area contributed by atoms with E-state index in [1.807, 2.05) is 0 Å². The quantitative estimate of drug-likeness (QED) is 0.579. The summed E-state index contributed by atoms with van der Waals surface area (Å²) in [5.74, 6) is 0. The maximum Gasteiger partial charge on any atom is 0.546 e. The molecule has 0 fully saturated rings. The van der Waals surface area contributed by atoms with Crippen LogP contribution in [0.15, 0.2) is 24.5 Å². The molecule has 0 aliphatic rings. The van der Waals surface area contributed by atoms with Gasteiger partial charge in [-0.15, -0.1) is 0 Å². The van der Waals surface area contributed by atoms with Crippen LogP contribution < -0.4 is 5.30 Å². The summed E-state index contributed by atoms with van der Waals surface area (Å²) in [4.78, 5) is 12.2. The van der Waals surface area contributed by atoms with Gasteiger partial charge in [-0.25, -0.2) is 0 Å². The topological polar surface area (TPSA) is 50.2 Å². The Morgan fingerprint density at radius 1 is 1.44 bits per heavy atom. The standard InChI is InChI=1S/C5H4NO2P/c7-9(8)5-1-3-6-4-2-5/h1-4H/p+1. The fourth-order valence-electron chi connectivity index (χ4n) is 0.472. The van der Waals surface area contributed by atoms with Crippen LogP contribution in [0, 0.1) is 0 Å². The van der Waals surface area contributed by atoms with E-state index >= 15 is 0 Å². The minimum Gasteiger partial charge on any atom is -0.264 e. The van der Waals surface area contributed by atoms with Crippen molar-refractivity contribution in [1.29, 1.82) is 0 Å². The van der Waals surface area contributed by atoms with Gasteiger partial charge in [0.2, 0.25) is 5.30 Å². The summed E-state index contributed by atoms with van der Waals surface area (Å²) >= 11 is 0. The first-order chi connectivity index (χ1) is 4.30. The minimum atomic E-state index is -2.19. The predicted octanol–water partition coefficient (Wildman–Crippen LogP) is 0.442. The van der Waals surface area contributed by atoms with E-state index in [9.17, 15) is 4.57 Å². The van der Waals surface area contributed by atoms with Crippen LogP contribution in [-0.2, 0) is 4.57 Å². The number of aromatic nitrogens is 1. The summed E-state index contributed by atoms with van der Waals surface area (Å²) in [5.41, 5.74) is 0. The zero-order valence-corrected chi connectivity index (χ0v) is 5.45. The Bertz CT molecular complexity index is 211. The largest absolute Gasteiger partial charge is 0.546 e. The Morgan fingerprint density at radius 2 is 2.00 bits per heavy atom. The molecular formula is C5H5NO2P+. The van der Waals surface area contributed by atoms with E-state index in [1.54, 1.807) is 0 Å². The predicted molar refractivity (Wildman–Crippen MR) is 33.7 cm³/mol. The lowest BCUT2D eigenvalue weighted by molar-refractivity contribution is 0.513. The molecule has 1 heterocycles. The minimum absolute atomic E-state index is 0.417. The smallest absolute Gasteiger partial charge is 0.264 e. The molecule has 9 heavy (non-hydrogen) atoms. The van der Waals surface area contributed by atoms with Gasteiger partial charge in [-0.1, -0.05) is 0 Å². The highest BCUT2D eigenvalue weighted by atomic mass is 31.1. The van der Waals surface area contributed by atoms with E-state index in [-0.39, 0.29) is 0 Å². The van der Waals surface area contributed by atoms with Gasteiger partial charge >= 0.3 is 8.03 Å². The molecule has 1 aromatic heterocycles. The second kappa shape index (κ2) is 2.67. The van der Waals surface area contributed by atoms with Crippen molar-refractivity contribution in [3.8, 4) is 0 Å². The third kappa shape index (κ3) is 1.56. The molecule has 0 spiro atoms.